The van der Waals surface area contributed by atoms with E-state index < -0.39 is 0 Å². The van der Waals surface area contributed by atoms with Crippen LogP contribution in [0.15, 0.2) is 48.2 Å². The average molecular weight is 225 g/mol. The van der Waals surface area contributed by atoms with E-state index in [0.29, 0.717) is 6.42 Å². The summed E-state index contributed by atoms with van der Waals surface area (Å²) in [6, 6.07) is 9.81. The van der Waals surface area contributed by atoms with E-state index in [1.807, 2.05) is 44.2 Å². The van der Waals surface area contributed by atoms with Gasteiger partial charge in [-0.25, -0.2) is 0 Å². The Morgan fingerprint density at radius 1 is 1.24 bits per heavy atom. The number of para-hydroxylation sites is 1. The van der Waals surface area contributed by atoms with Crippen molar-refractivity contribution in [1.82, 2.24) is 4.98 Å². The van der Waals surface area contributed by atoms with E-state index >= 15 is 0 Å². The van der Waals surface area contributed by atoms with E-state index in [1.165, 1.54) is 0 Å². The Kier molecular flexibility index (Phi) is 3.33. The van der Waals surface area contributed by atoms with Crippen LogP contribution in [0.2, 0.25) is 0 Å². The van der Waals surface area contributed by atoms with Crippen LogP contribution in [0.25, 0.3) is 10.9 Å². The number of carbonyl (C=O) groups excluding carboxylic acids is 1. The van der Waals surface area contributed by atoms with Crippen LogP contribution in [0.4, 0.5) is 0 Å². The molecule has 0 amide bonds. The maximum absolute atomic E-state index is 11.8. The lowest BCUT2D eigenvalue weighted by atomic mass is 10.0. The van der Waals surface area contributed by atoms with Gasteiger partial charge >= 0.3 is 0 Å². The topological polar surface area (TPSA) is 30.0 Å². The molecule has 0 atom stereocenters. The molecule has 0 saturated carbocycles. The van der Waals surface area contributed by atoms with Crippen LogP contribution in [0.1, 0.15) is 19.4 Å². The number of hydrogen-bond donors (Lipinski definition) is 0. The Hall–Kier alpha value is -1.96. The number of nitrogens with zero attached hydrogens (tertiary/aromatic N) is 1. The van der Waals surface area contributed by atoms with Gasteiger partial charge in [0, 0.05) is 18.0 Å². The van der Waals surface area contributed by atoms with Crippen molar-refractivity contribution in [2.24, 2.45) is 0 Å². The van der Waals surface area contributed by atoms with Crippen LogP contribution in [0.3, 0.4) is 0 Å². The predicted molar refractivity (Wildman–Crippen MR) is 69.9 cm³/mol. The molecule has 1 heterocycles. The molecule has 0 radical (unpaired) electrons. The fraction of sp³-hybridized carbons (Fsp3) is 0.200. The molecule has 0 bridgehead atoms. The van der Waals surface area contributed by atoms with Crippen molar-refractivity contribution in [3.8, 4) is 0 Å². The lowest BCUT2D eigenvalue weighted by Crippen LogP contribution is -2.00. The number of ketones is 1. The van der Waals surface area contributed by atoms with Gasteiger partial charge in [-0.15, -0.1) is 0 Å². The molecule has 1 aromatic heterocycles. The molecule has 0 spiro atoms. The minimum atomic E-state index is 0.140. The summed E-state index contributed by atoms with van der Waals surface area (Å²) in [5.74, 6) is 0.140. The van der Waals surface area contributed by atoms with Crippen molar-refractivity contribution in [1.29, 1.82) is 0 Å². The zero-order chi connectivity index (χ0) is 12.3. The monoisotopic (exact) mass is 225 g/mol. The summed E-state index contributed by atoms with van der Waals surface area (Å²) in [5, 5.41) is 1.06. The number of allylic oxidation sites excluding steroid dienone is 2. The molecule has 2 heteroatoms. The van der Waals surface area contributed by atoms with Gasteiger partial charge in [0.1, 0.15) is 0 Å². The Morgan fingerprint density at radius 2 is 2.00 bits per heavy atom. The minimum absolute atomic E-state index is 0.140. The molecule has 86 valence electrons. The molecule has 2 nitrogen and oxygen atoms in total. The number of hydrogen-bond acceptors (Lipinski definition) is 2. The predicted octanol–water partition coefficient (Wildman–Crippen LogP) is 3.31. The molecule has 0 saturated heterocycles. The molecular weight excluding hydrogens is 210 g/mol. The third-order valence-corrected chi connectivity index (χ3v) is 2.55. The SMILES string of the molecule is CC(C)=CC(=O)Cc1ccnc2ccccc12. The van der Waals surface area contributed by atoms with Crippen molar-refractivity contribution >= 4 is 16.7 Å². The molecule has 0 unspecified atom stereocenters. The molecule has 0 fully saturated rings. The summed E-state index contributed by atoms with van der Waals surface area (Å²) in [6.45, 7) is 3.87. The first kappa shape index (κ1) is 11.5. The molecular formula is C15H15NO. The van der Waals surface area contributed by atoms with E-state index in [0.717, 1.165) is 22.0 Å². The first-order chi connectivity index (χ1) is 8.16. The van der Waals surface area contributed by atoms with Gasteiger partial charge in [0.2, 0.25) is 0 Å². The molecule has 2 rings (SSSR count). The summed E-state index contributed by atoms with van der Waals surface area (Å²) in [6.07, 6.45) is 3.89. The Bertz CT molecular complexity index is 575. The maximum Gasteiger partial charge on any atom is 0.160 e. The quantitative estimate of drug-likeness (QED) is 0.750. The molecule has 0 N–H and O–H groups in total. The average Bonchev–Trinajstić information content (AvgIpc) is 2.28. The Labute approximate surface area is 101 Å². The van der Waals surface area contributed by atoms with Crippen molar-refractivity contribution in [3.05, 3.63) is 53.7 Å². The number of pyridine rings is 1. The second kappa shape index (κ2) is 4.91. The Morgan fingerprint density at radius 3 is 2.76 bits per heavy atom. The van der Waals surface area contributed by atoms with Gasteiger partial charge in [0.25, 0.3) is 0 Å². The van der Waals surface area contributed by atoms with Crippen LogP contribution in [0, 0.1) is 0 Å². The fourth-order valence-corrected chi connectivity index (χ4v) is 1.87. The zero-order valence-corrected chi connectivity index (χ0v) is 10.1. The standard InChI is InChI=1S/C15H15NO/c1-11(2)9-13(17)10-12-7-8-16-15-6-4-3-5-14(12)15/h3-9H,10H2,1-2H3. The van der Waals surface area contributed by atoms with E-state index in [2.05, 4.69) is 4.98 Å². The summed E-state index contributed by atoms with van der Waals surface area (Å²) in [5.41, 5.74) is 3.02. The second-order valence-electron chi connectivity index (χ2n) is 4.35. The van der Waals surface area contributed by atoms with Gasteiger partial charge in [-0.1, -0.05) is 23.8 Å². The second-order valence-corrected chi connectivity index (χ2v) is 4.35. The number of fused-ring (bicyclic) bond motifs is 1. The summed E-state index contributed by atoms with van der Waals surface area (Å²) < 4.78 is 0. The van der Waals surface area contributed by atoms with E-state index in [1.54, 1.807) is 12.3 Å². The van der Waals surface area contributed by atoms with Crippen molar-refractivity contribution in [2.75, 3.05) is 0 Å². The highest BCUT2D eigenvalue weighted by Crippen LogP contribution is 2.17. The molecule has 2 aromatic rings. The van der Waals surface area contributed by atoms with E-state index in [4.69, 9.17) is 0 Å². The number of aromatic nitrogens is 1. The van der Waals surface area contributed by atoms with Crippen LogP contribution in [-0.4, -0.2) is 10.8 Å². The normalized spacial score (nSPS) is 10.2. The number of carbonyl (C=O) groups is 1. The molecule has 17 heavy (non-hydrogen) atoms. The lowest BCUT2D eigenvalue weighted by Gasteiger charge is -2.03. The van der Waals surface area contributed by atoms with Crippen LogP contribution in [0.5, 0.6) is 0 Å². The summed E-state index contributed by atoms with van der Waals surface area (Å²) >= 11 is 0. The molecule has 0 aliphatic rings. The first-order valence-corrected chi connectivity index (χ1v) is 5.67. The van der Waals surface area contributed by atoms with Crippen molar-refractivity contribution in [2.45, 2.75) is 20.3 Å². The molecule has 0 aliphatic heterocycles. The van der Waals surface area contributed by atoms with Gasteiger partial charge in [-0.05, 0) is 37.6 Å². The zero-order valence-electron chi connectivity index (χ0n) is 10.1. The van der Waals surface area contributed by atoms with Crippen LogP contribution < -0.4 is 0 Å². The van der Waals surface area contributed by atoms with Gasteiger partial charge in [-0.2, -0.15) is 0 Å². The fourth-order valence-electron chi connectivity index (χ4n) is 1.87. The van der Waals surface area contributed by atoms with Crippen LogP contribution in [-0.2, 0) is 11.2 Å². The highest BCUT2D eigenvalue weighted by atomic mass is 16.1. The minimum Gasteiger partial charge on any atom is -0.294 e. The maximum atomic E-state index is 11.8. The largest absolute Gasteiger partial charge is 0.294 e. The Balaban J connectivity index is 2.36. The smallest absolute Gasteiger partial charge is 0.160 e. The van der Waals surface area contributed by atoms with Gasteiger partial charge in [-0.3, -0.25) is 9.78 Å². The lowest BCUT2D eigenvalue weighted by molar-refractivity contribution is -0.114. The number of rotatable bonds is 3. The summed E-state index contributed by atoms with van der Waals surface area (Å²) in [4.78, 5) is 16.1. The van der Waals surface area contributed by atoms with Gasteiger partial charge < -0.3 is 0 Å². The molecule has 1 aromatic carbocycles. The first-order valence-electron chi connectivity index (χ1n) is 5.67. The van der Waals surface area contributed by atoms with E-state index in [-0.39, 0.29) is 5.78 Å². The van der Waals surface area contributed by atoms with Crippen molar-refractivity contribution in [3.63, 3.8) is 0 Å². The van der Waals surface area contributed by atoms with E-state index in [9.17, 15) is 4.79 Å². The van der Waals surface area contributed by atoms with Crippen LogP contribution >= 0.6 is 0 Å². The number of benzene rings is 1. The highest BCUT2D eigenvalue weighted by molar-refractivity contribution is 5.95. The molecule has 0 aliphatic carbocycles. The third-order valence-electron chi connectivity index (χ3n) is 2.55. The third kappa shape index (κ3) is 2.78. The summed E-state index contributed by atoms with van der Waals surface area (Å²) in [7, 11) is 0. The highest BCUT2D eigenvalue weighted by Gasteiger charge is 2.05. The van der Waals surface area contributed by atoms with Crippen molar-refractivity contribution < 1.29 is 4.79 Å². The van der Waals surface area contributed by atoms with Gasteiger partial charge in [0.15, 0.2) is 5.78 Å². The van der Waals surface area contributed by atoms with Gasteiger partial charge in [0.05, 0.1) is 5.52 Å².